The van der Waals surface area contributed by atoms with Gasteiger partial charge in [0.05, 0.1) is 18.9 Å². The predicted octanol–water partition coefficient (Wildman–Crippen LogP) is 2.55. The first kappa shape index (κ1) is 15.0. The molecule has 1 amide bonds. The first-order chi connectivity index (χ1) is 9.48. The van der Waals surface area contributed by atoms with Crippen LogP contribution in [0.3, 0.4) is 0 Å². The van der Waals surface area contributed by atoms with Crippen molar-refractivity contribution in [3.63, 3.8) is 0 Å². The monoisotopic (exact) mass is 339 g/mol. The molecule has 0 spiro atoms. The molecule has 0 aliphatic heterocycles. The smallest absolute Gasteiger partial charge is 0.307 e. The molecule has 5 heteroatoms. The van der Waals surface area contributed by atoms with Crippen molar-refractivity contribution < 1.29 is 14.3 Å². The molecule has 1 aliphatic rings. The number of nitrogens with one attached hydrogen (secondary N) is 1. The number of carbonyl (C=O) groups is 2. The lowest BCUT2D eigenvalue weighted by Crippen LogP contribution is -2.41. The summed E-state index contributed by atoms with van der Waals surface area (Å²) < 4.78 is 5.58. The molecule has 0 aromatic heterocycles. The molecule has 0 radical (unpaired) electrons. The van der Waals surface area contributed by atoms with Gasteiger partial charge in [0, 0.05) is 10.5 Å². The lowest BCUT2D eigenvalue weighted by atomic mass is 9.94. The zero-order chi connectivity index (χ0) is 14.8. The zero-order valence-electron chi connectivity index (χ0n) is 11.6. The number of methoxy groups -OCH3 is 1. The minimum absolute atomic E-state index is 0.00740. The fourth-order valence-corrected chi connectivity index (χ4v) is 2.70. The van der Waals surface area contributed by atoms with Crippen molar-refractivity contribution in [2.45, 2.75) is 37.6 Å². The molecule has 0 saturated heterocycles. The van der Waals surface area contributed by atoms with Gasteiger partial charge in [-0.25, -0.2) is 0 Å². The van der Waals surface area contributed by atoms with E-state index in [2.05, 4.69) is 26.0 Å². The molecule has 20 heavy (non-hydrogen) atoms. The average Bonchev–Trinajstić information content (AvgIpc) is 3.19. The van der Waals surface area contributed by atoms with E-state index in [4.69, 9.17) is 0 Å². The summed E-state index contributed by atoms with van der Waals surface area (Å²) in [4.78, 5) is 23.6. The van der Waals surface area contributed by atoms with Crippen molar-refractivity contribution in [1.82, 2.24) is 5.32 Å². The Morgan fingerprint density at radius 1 is 1.45 bits per heavy atom. The SMILES string of the molecule is COC(=O)C[C@@H](C)NC(=O)C1(c2cccc(Br)c2)CC1. The van der Waals surface area contributed by atoms with Crippen molar-refractivity contribution in [3.05, 3.63) is 34.3 Å². The number of benzene rings is 1. The molecule has 4 nitrogen and oxygen atoms in total. The van der Waals surface area contributed by atoms with Crippen molar-refractivity contribution in [2.75, 3.05) is 7.11 Å². The van der Waals surface area contributed by atoms with E-state index >= 15 is 0 Å². The van der Waals surface area contributed by atoms with E-state index in [9.17, 15) is 9.59 Å². The van der Waals surface area contributed by atoms with Gasteiger partial charge >= 0.3 is 5.97 Å². The van der Waals surface area contributed by atoms with Gasteiger partial charge in [-0.05, 0) is 37.5 Å². The molecule has 0 unspecified atom stereocenters. The number of carbonyl (C=O) groups excluding carboxylic acids is 2. The van der Waals surface area contributed by atoms with Gasteiger partial charge in [0.15, 0.2) is 0 Å². The highest BCUT2D eigenvalue weighted by molar-refractivity contribution is 9.10. The van der Waals surface area contributed by atoms with Crippen molar-refractivity contribution in [3.8, 4) is 0 Å². The molecule has 1 aromatic rings. The van der Waals surface area contributed by atoms with E-state index in [-0.39, 0.29) is 24.3 Å². The van der Waals surface area contributed by atoms with E-state index < -0.39 is 5.41 Å². The minimum Gasteiger partial charge on any atom is -0.469 e. The van der Waals surface area contributed by atoms with Crippen LogP contribution in [0.15, 0.2) is 28.7 Å². The molecule has 1 aliphatic carbocycles. The number of hydrogen-bond donors (Lipinski definition) is 1. The normalized spacial score (nSPS) is 17.1. The van der Waals surface area contributed by atoms with Crippen LogP contribution in [0.4, 0.5) is 0 Å². The van der Waals surface area contributed by atoms with Crippen LogP contribution < -0.4 is 5.32 Å². The second-order valence-electron chi connectivity index (χ2n) is 5.25. The largest absolute Gasteiger partial charge is 0.469 e. The van der Waals surface area contributed by atoms with Gasteiger partial charge in [0.2, 0.25) is 5.91 Å². The molecule has 1 atom stereocenters. The zero-order valence-corrected chi connectivity index (χ0v) is 13.2. The van der Waals surface area contributed by atoms with E-state index in [1.54, 1.807) is 0 Å². The summed E-state index contributed by atoms with van der Waals surface area (Å²) in [5.41, 5.74) is 0.600. The Kier molecular flexibility index (Phi) is 4.48. The van der Waals surface area contributed by atoms with Crippen LogP contribution in [0.2, 0.25) is 0 Å². The molecule has 1 N–H and O–H groups in total. The second-order valence-corrected chi connectivity index (χ2v) is 6.16. The maximum Gasteiger partial charge on any atom is 0.307 e. The van der Waals surface area contributed by atoms with Gasteiger partial charge in [0.25, 0.3) is 0 Å². The van der Waals surface area contributed by atoms with Crippen LogP contribution >= 0.6 is 15.9 Å². The third-order valence-corrected chi connectivity index (χ3v) is 4.13. The number of hydrogen-bond acceptors (Lipinski definition) is 3. The van der Waals surface area contributed by atoms with Crippen LogP contribution in [0, 0.1) is 0 Å². The van der Waals surface area contributed by atoms with E-state index in [0.717, 1.165) is 22.9 Å². The first-order valence-corrected chi connectivity index (χ1v) is 7.41. The summed E-state index contributed by atoms with van der Waals surface area (Å²) in [7, 11) is 1.35. The summed E-state index contributed by atoms with van der Waals surface area (Å²) in [6, 6.07) is 7.61. The number of amides is 1. The van der Waals surface area contributed by atoms with Crippen molar-refractivity contribution in [1.29, 1.82) is 0 Å². The molecule has 1 fully saturated rings. The quantitative estimate of drug-likeness (QED) is 0.838. The number of esters is 1. The van der Waals surface area contributed by atoms with E-state index in [1.165, 1.54) is 7.11 Å². The molecule has 0 bridgehead atoms. The van der Waals surface area contributed by atoms with Gasteiger partial charge in [0.1, 0.15) is 0 Å². The van der Waals surface area contributed by atoms with Gasteiger partial charge in [-0.2, -0.15) is 0 Å². The maximum absolute atomic E-state index is 12.4. The Labute approximate surface area is 127 Å². The third-order valence-electron chi connectivity index (χ3n) is 3.64. The van der Waals surface area contributed by atoms with Crippen LogP contribution in [-0.4, -0.2) is 25.0 Å². The van der Waals surface area contributed by atoms with Crippen LogP contribution in [0.5, 0.6) is 0 Å². The molecular weight excluding hydrogens is 322 g/mol. The summed E-state index contributed by atoms with van der Waals surface area (Å²) in [6.07, 6.45) is 1.89. The molecule has 2 rings (SSSR count). The van der Waals surface area contributed by atoms with Gasteiger partial charge in [-0.15, -0.1) is 0 Å². The highest BCUT2D eigenvalue weighted by Crippen LogP contribution is 2.48. The molecule has 108 valence electrons. The number of rotatable bonds is 5. The second kappa shape index (κ2) is 5.95. The standard InChI is InChI=1S/C15H18BrNO3/c1-10(8-13(18)20-2)17-14(19)15(6-7-15)11-4-3-5-12(16)9-11/h3-5,9-10H,6-8H2,1-2H3,(H,17,19)/t10-/m1/s1. The average molecular weight is 340 g/mol. The Bertz CT molecular complexity index is 526. The maximum atomic E-state index is 12.4. The Morgan fingerprint density at radius 3 is 2.70 bits per heavy atom. The first-order valence-electron chi connectivity index (χ1n) is 6.62. The van der Waals surface area contributed by atoms with Crippen LogP contribution in [-0.2, 0) is 19.7 Å². The summed E-state index contributed by atoms with van der Waals surface area (Å²) in [6.45, 7) is 1.81. The Balaban J connectivity index is 2.04. The van der Waals surface area contributed by atoms with Crippen LogP contribution in [0.25, 0.3) is 0 Å². The van der Waals surface area contributed by atoms with Gasteiger partial charge in [-0.1, -0.05) is 28.1 Å². The van der Waals surface area contributed by atoms with Crippen molar-refractivity contribution in [2.24, 2.45) is 0 Å². The fourth-order valence-electron chi connectivity index (χ4n) is 2.30. The van der Waals surface area contributed by atoms with Crippen LogP contribution in [0.1, 0.15) is 31.7 Å². The van der Waals surface area contributed by atoms with E-state index in [0.29, 0.717) is 0 Å². The topological polar surface area (TPSA) is 55.4 Å². The highest BCUT2D eigenvalue weighted by Gasteiger charge is 2.51. The molecular formula is C15H18BrNO3. The summed E-state index contributed by atoms with van der Waals surface area (Å²) >= 11 is 3.43. The molecule has 1 saturated carbocycles. The summed E-state index contributed by atoms with van der Waals surface area (Å²) in [5.74, 6) is -0.322. The lowest BCUT2D eigenvalue weighted by Gasteiger charge is -2.19. The fraction of sp³-hybridized carbons (Fsp3) is 0.467. The lowest BCUT2D eigenvalue weighted by molar-refractivity contribution is -0.141. The Morgan fingerprint density at radius 2 is 2.15 bits per heavy atom. The van der Waals surface area contributed by atoms with Gasteiger partial charge < -0.3 is 10.1 Å². The number of ether oxygens (including phenoxy) is 1. The van der Waals surface area contributed by atoms with E-state index in [1.807, 2.05) is 31.2 Å². The highest BCUT2D eigenvalue weighted by atomic mass is 79.9. The summed E-state index contributed by atoms with van der Waals surface area (Å²) in [5, 5.41) is 2.91. The molecule has 1 aromatic carbocycles. The Hall–Kier alpha value is -1.36. The minimum atomic E-state index is -0.422. The van der Waals surface area contributed by atoms with Crippen molar-refractivity contribution >= 4 is 27.8 Å². The third kappa shape index (κ3) is 3.20. The number of halogens is 1. The molecule has 0 heterocycles. The predicted molar refractivity (Wildman–Crippen MR) is 79.3 cm³/mol. The van der Waals surface area contributed by atoms with Gasteiger partial charge in [-0.3, -0.25) is 9.59 Å².